The smallest absolute Gasteiger partial charge is 0.388 e. The molecule has 9 heavy (non-hydrogen) atoms. The Balaban J connectivity index is 3.39. The van der Waals surface area contributed by atoms with Crippen molar-refractivity contribution in [3.8, 4) is 0 Å². The first-order chi connectivity index (χ1) is 3.92. The molecule has 0 saturated carbocycles. The van der Waals surface area contributed by atoms with Gasteiger partial charge in [0, 0.05) is 4.57 Å². The van der Waals surface area contributed by atoms with E-state index in [0.29, 0.717) is 0 Å². The standard InChI is InChI=1S/C4H9O4P/c1-4(2,5)3-8-9(6)7/h5H,3H2,1-2H3/p+1. The molecule has 5 heteroatoms. The van der Waals surface area contributed by atoms with Gasteiger partial charge in [0.25, 0.3) is 0 Å². The Bertz CT molecular complexity index is 106. The monoisotopic (exact) mass is 153 g/mol. The van der Waals surface area contributed by atoms with E-state index in [4.69, 9.17) is 10.00 Å². The lowest BCUT2D eigenvalue weighted by Crippen LogP contribution is -2.24. The van der Waals surface area contributed by atoms with Crippen molar-refractivity contribution in [2.24, 2.45) is 0 Å². The molecule has 0 fully saturated rings. The topological polar surface area (TPSA) is 66.8 Å². The summed E-state index contributed by atoms with van der Waals surface area (Å²) < 4.78 is 14.1. The van der Waals surface area contributed by atoms with Gasteiger partial charge in [0.2, 0.25) is 0 Å². The molecule has 0 aromatic heterocycles. The summed E-state index contributed by atoms with van der Waals surface area (Å²) in [5, 5.41) is 8.90. The van der Waals surface area contributed by atoms with Gasteiger partial charge in [-0.2, -0.15) is 0 Å². The maximum Gasteiger partial charge on any atom is 0.694 e. The first-order valence-electron chi connectivity index (χ1n) is 2.43. The van der Waals surface area contributed by atoms with E-state index in [0.717, 1.165) is 0 Å². The average molecular weight is 153 g/mol. The number of aliphatic hydroxyl groups is 1. The highest BCUT2D eigenvalue weighted by Gasteiger charge is 2.21. The SMILES string of the molecule is CC(C)(O)CO[P+](=O)O. The van der Waals surface area contributed by atoms with E-state index in [-0.39, 0.29) is 6.61 Å². The minimum absolute atomic E-state index is 0.126. The van der Waals surface area contributed by atoms with Gasteiger partial charge in [-0.25, -0.2) is 0 Å². The van der Waals surface area contributed by atoms with Gasteiger partial charge in [-0.1, -0.05) is 0 Å². The summed E-state index contributed by atoms with van der Waals surface area (Å²) in [4.78, 5) is 8.09. The van der Waals surface area contributed by atoms with Gasteiger partial charge in [-0.05, 0) is 13.8 Å². The van der Waals surface area contributed by atoms with Crippen LogP contribution < -0.4 is 0 Å². The molecule has 0 aliphatic carbocycles. The fourth-order valence-electron chi connectivity index (χ4n) is 0.213. The summed E-state index contributed by atoms with van der Waals surface area (Å²) in [6.07, 6.45) is 0. The minimum atomic E-state index is -2.57. The Hall–Kier alpha value is -0.0200. The van der Waals surface area contributed by atoms with Crippen molar-refractivity contribution in [1.82, 2.24) is 0 Å². The van der Waals surface area contributed by atoms with Gasteiger partial charge >= 0.3 is 8.25 Å². The number of hydrogen-bond acceptors (Lipinski definition) is 3. The summed E-state index contributed by atoms with van der Waals surface area (Å²) in [5.74, 6) is 0. The van der Waals surface area contributed by atoms with Gasteiger partial charge in [0.15, 0.2) is 0 Å². The van der Waals surface area contributed by atoms with Gasteiger partial charge in [-0.15, -0.1) is 9.42 Å². The number of hydrogen-bond donors (Lipinski definition) is 2. The molecular weight excluding hydrogens is 143 g/mol. The van der Waals surface area contributed by atoms with Crippen LogP contribution in [0.25, 0.3) is 0 Å². The molecule has 0 aliphatic heterocycles. The van der Waals surface area contributed by atoms with Crippen LogP contribution in [0.2, 0.25) is 0 Å². The quantitative estimate of drug-likeness (QED) is 0.576. The summed E-state index contributed by atoms with van der Waals surface area (Å²) in [5.41, 5.74) is -1.03. The van der Waals surface area contributed by atoms with Crippen molar-refractivity contribution in [3.63, 3.8) is 0 Å². The molecule has 1 unspecified atom stereocenters. The van der Waals surface area contributed by atoms with Crippen molar-refractivity contribution in [2.75, 3.05) is 6.61 Å². The molecule has 0 spiro atoms. The molecule has 0 aromatic carbocycles. The van der Waals surface area contributed by atoms with Crippen LogP contribution in [0.4, 0.5) is 0 Å². The first-order valence-corrected chi connectivity index (χ1v) is 3.56. The normalized spacial score (nSPS) is 13.6. The van der Waals surface area contributed by atoms with Crippen LogP contribution in [0.5, 0.6) is 0 Å². The maximum atomic E-state index is 9.86. The Morgan fingerprint density at radius 2 is 2.11 bits per heavy atom. The highest BCUT2D eigenvalue weighted by molar-refractivity contribution is 7.32. The van der Waals surface area contributed by atoms with Crippen LogP contribution in [0.3, 0.4) is 0 Å². The summed E-state index contributed by atoms with van der Waals surface area (Å²) in [7, 11) is -2.57. The maximum absolute atomic E-state index is 9.86. The summed E-state index contributed by atoms with van der Waals surface area (Å²) in [6.45, 7) is 2.86. The number of rotatable bonds is 3. The van der Waals surface area contributed by atoms with Crippen LogP contribution >= 0.6 is 8.25 Å². The van der Waals surface area contributed by atoms with Crippen LogP contribution in [0, 0.1) is 0 Å². The predicted octanol–water partition coefficient (Wildman–Crippen LogP) is 0.424. The molecular formula is C4H10O4P+. The lowest BCUT2D eigenvalue weighted by Gasteiger charge is -2.10. The predicted molar refractivity (Wildman–Crippen MR) is 32.1 cm³/mol. The largest absolute Gasteiger partial charge is 0.694 e. The second-order valence-electron chi connectivity index (χ2n) is 2.32. The van der Waals surface area contributed by atoms with Crippen LogP contribution in [-0.4, -0.2) is 22.2 Å². The fourth-order valence-corrected chi connectivity index (χ4v) is 0.640. The Morgan fingerprint density at radius 3 is 2.22 bits per heavy atom. The van der Waals surface area contributed by atoms with Crippen molar-refractivity contribution in [2.45, 2.75) is 19.4 Å². The average Bonchev–Trinajstić information content (AvgIpc) is 1.59. The molecule has 0 aliphatic rings. The van der Waals surface area contributed by atoms with E-state index >= 15 is 0 Å². The molecule has 4 nitrogen and oxygen atoms in total. The molecule has 0 amide bonds. The first kappa shape index (κ1) is 8.98. The lowest BCUT2D eigenvalue weighted by molar-refractivity contribution is 0.0272. The van der Waals surface area contributed by atoms with Crippen LogP contribution in [-0.2, 0) is 9.09 Å². The molecule has 1 atom stereocenters. The van der Waals surface area contributed by atoms with Crippen molar-refractivity contribution in [3.05, 3.63) is 0 Å². The summed E-state index contributed by atoms with van der Waals surface area (Å²) in [6, 6.07) is 0. The third-order valence-electron chi connectivity index (χ3n) is 0.528. The van der Waals surface area contributed by atoms with E-state index in [1.54, 1.807) is 0 Å². The van der Waals surface area contributed by atoms with Gasteiger partial charge in [0.05, 0.1) is 5.60 Å². The zero-order valence-corrected chi connectivity index (χ0v) is 6.26. The van der Waals surface area contributed by atoms with Crippen LogP contribution in [0.15, 0.2) is 0 Å². The van der Waals surface area contributed by atoms with Gasteiger partial charge in [-0.3, -0.25) is 0 Å². The molecule has 0 radical (unpaired) electrons. The minimum Gasteiger partial charge on any atom is -0.388 e. The molecule has 0 aromatic rings. The highest BCUT2D eigenvalue weighted by atomic mass is 31.1. The molecule has 0 heterocycles. The Labute approximate surface area is 54.4 Å². The third kappa shape index (κ3) is 7.98. The summed E-state index contributed by atoms with van der Waals surface area (Å²) >= 11 is 0. The third-order valence-corrected chi connectivity index (χ3v) is 0.878. The Kier molecular flexibility index (Phi) is 3.22. The van der Waals surface area contributed by atoms with Crippen molar-refractivity contribution < 1.29 is 19.1 Å². The zero-order chi connectivity index (χ0) is 7.49. The molecule has 2 N–H and O–H groups in total. The fraction of sp³-hybridized carbons (Fsp3) is 1.00. The second-order valence-corrected chi connectivity index (χ2v) is 3.06. The van der Waals surface area contributed by atoms with E-state index in [2.05, 4.69) is 4.52 Å². The zero-order valence-electron chi connectivity index (χ0n) is 5.37. The Morgan fingerprint density at radius 1 is 1.67 bits per heavy atom. The van der Waals surface area contributed by atoms with E-state index in [1.165, 1.54) is 13.8 Å². The van der Waals surface area contributed by atoms with E-state index in [9.17, 15) is 4.57 Å². The van der Waals surface area contributed by atoms with Gasteiger partial charge in [0.1, 0.15) is 6.61 Å². The molecule has 54 valence electrons. The molecule has 0 saturated heterocycles. The van der Waals surface area contributed by atoms with Crippen LogP contribution in [0.1, 0.15) is 13.8 Å². The van der Waals surface area contributed by atoms with Gasteiger partial charge < -0.3 is 5.11 Å². The lowest BCUT2D eigenvalue weighted by atomic mass is 10.2. The van der Waals surface area contributed by atoms with Crippen molar-refractivity contribution >= 4 is 8.25 Å². The van der Waals surface area contributed by atoms with E-state index in [1.807, 2.05) is 0 Å². The highest BCUT2D eigenvalue weighted by Crippen LogP contribution is 2.17. The molecule has 0 bridgehead atoms. The van der Waals surface area contributed by atoms with Crippen molar-refractivity contribution in [1.29, 1.82) is 0 Å². The van der Waals surface area contributed by atoms with E-state index < -0.39 is 13.9 Å². The molecule has 0 rings (SSSR count). The second kappa shape index (κ2) is 3.22.